The Bertz CT molecular complexity index is 867. The molecule has 0 spiro atoms. The first-order chi connectivity index (χ1) is 15.1. The summed E-state index contributed by atoms with van der Waals surface area (Å²) in [5.74, 6) is -1.55. The fraction of sp³-hybridized carbons (Fsp3) is 0.760. The number of aliphatic hydroxyl groups is 1. The van der Waals surface area contributed by atoms with Crippen molar-refractivity contribution in [3.05, 3.63) is 11.6 Å². The maximum Gasteiger partial charge on any atom is 1.00 e. The second-order valence-corrected chi connectivity index (χ2v) is 10.8. The molecule has 7 nitrogen and oxygen atoms in total. The van der Waals surface area contributed by atoms with Gasteiger partial charge in [-0.05, 0) is 79.6 Å². The van der Waals surface area contributed by atoms with Gasteiger partial charge in [-0.3, -0.25) is 14.4 Å². The maximum atomic E-state index is 13.0. The summed E-state index contributed by atoms with van der Waals surface area (Å²) in [6.45, 7) is 3.95. The van der Waals surface area contributed by atoms with Crippen LogP contribution >= 0.6 is 0 Å². The summed E-state index contributed by atoms with van der Waals surface area (Å²) in [4.78, 5) is 47.2. The predicted molar refractivity (Wildman–Crippen MR) is 112 cm³/mol. The molecule has 0 bridgehead atoms. The molecule has 0 amide bonds. The Hall–Kier alpha value is -1.02. The third kappa shape index (κ3) is 4.75. The van der Waals surface area contributed by atoms with E-state index in [1.807, 2.05) is 6.08 Å². The van der Waals surface area contributed by atoms with Gasteiger partial charge >= 0.3 is 35.5 Å². The first-order valence-corrected chi connectivity index (χ1v) is 11.9. The summed E-state index contributed by atoms with van der Waals surface area (Å²) in [7, 11) is 0. The molecule has 3 unspecified atom stereocenters. The number of aliphatic carboxylic acids is 1. The van der Waals surface area contributed by atoms with Gasteiger partial charge in [-0.2, -0.15) is 0 Å². The van der Waals surface area contributed by atoms with Gasteiger partial charge in [0.05, 0.1) is 12.5 Å². The zero-order valence-corrected chi connectivity index (χ0v) is 21.9. The Balaban J connectivity index is 0.00000306. The third-order valence-corrected chi connectivity index (χ3v) is 9.19. The number of rotatable bonds is 6. The van der Waals surface area contributed by atoms with E-state index in [2.05, 4.69) is 13.8 Å². The third-order valence-electron chi connectivity index (χ3n) is 9.19. The van der Waals surface area contributed by atoms with Gasteiger partial charge in [0, 0.05) is 18.3 Å². The van der Waals surface area contributed by atoms with Crippen LogP contribution in [0.1, 0.15) is 71.6 Å². The number of carboxylic acids is 1. The quantitative estimate of drug-likeness (QED) is 0.382. The molecule has 4 aliphatic rings. The van der Waals surface area contributed by atoms with Crippen molar-refractivity contribution in [3.8, 4) is 0 Å². The van der Waals surface area contributed by atoms with Gasteiger partial charge in [-0.25, -0.2) is 0 Å². The predicted octanol–water partition coefficient (Wildman–Crippen LogP) is -1.25. The maximum absolute atomic E-state index is 13.0. The molecular weight excluding hydrogens is 435 g/mol. The van der Waals surface area contributed by atoms with Crippen molar-refractivity contribution in [2.24, 2.45) is 34.5 Å². The Labute approximate surface area is 217 Å². The number of Topliss-reactive ketones (excluding diaryl/α,β-unsaturated/α-hetero) is 1. The van der Waals surface area contributed by atoms with Gasteiger partial charge in [0.2, 0.25) is 0 Å². The number of ketones is 2. The molecule has 0 aromatic rings. The molecule has 0 radical (unpaired) electrons. The van der Waals surface area contributed by atoms with Gasteiger partial charge in [0.15, 0.2) is 11.6 Å². The second-order valence-electron chi connectivity index (χ2n) is 10.8. The zero-order valence-electron chi connectivity index (χ0n) is 19.9. The minimum atomic E-state index is -1.33. The van der Waals surface area contributed by atoms with E-state index in [1.165, 1.54) is 5.57 Å². The monoisotopic (exact) mass is 468 g/mol. The van der Waals surface area contributed by atoms with E-state index in [1.54, 1.807) is 0 Å². The minimum absolute atomic E-state index is 0. The van der Waals surface area contributed by atoms with E-state index < -0.39 is 24.5 Å². The fourth-order valence-electron chi connectivity index (χ4n) is 7.74. The smallest absolute Gasteiger partial charge is 0.550 e. The molecule has 0 aliphatic heterocycles. The summed E-state index contributed by atoms with van der Waals surface area (Å²) >= 11 is 0. The number of carbonyl (C=O) groups excluding carboxylic acids is 4. The van der Waals surface area contributed by atoms with Crippen molar-refractivity contribution in [3.63, 3.8) is 0 Å². The number of ether oxygens (including phenoxy) is 1. The molecular formula is C25H33NaO7. The van der Waals surface area contributed by atoms with Gasteiger partial charge in [0.25, 0.3) is 0 Å². The molecule has 3 fully saturated rings. The summed E-state index contributed by atoms with van der Waals surface area (Å²) < 4.78 is 5.04. The Kier molecular flexibility index (Phi) is 7.99. The molecule has 4 aliphatic carbocycles. The number of hydrogen-bond donors (Lipinski definition) is 1. The number of aliphatic hydroxyl groups excluding tert-OH is 1. The SMILES string of the molecule is C[C@]12CCC(=O)C=C1CCC1C2[C@@H](O)C[C@]2(C)C1CC[C@@H]2C(=O)COC(=O)CCC(=O)[O-].[Na+]. The minimum Gasteiger partial charge on any atom is -0.550 e. The van der Waals surface area contributed by atoms with Gasteiger partial charge in [-0.15, -0.1) is 0 Å². The summed E-state index contributed by atoms with van der Waals surface area (Å²) in [5, 5.41) is 21.8. The van der Waals surface area contributed by atoms with E-state index >= 15 is 0 Å². The normalized spacial score (nSPS) is 39.3. The van der Waals surface area contributed by atoms with Crippen LogP contribution in [-0.2, 0) is 23.9 Å². The zero-order chi connectivity index (χ0) is 23.3. The molecule has 176 valence electrons. The Morgan fingerprint density at radius 3 is 2.58 bits per heavy atom. The van der Waals surface area contributed by atoms with Crippen molar-refractivity contribution in [2.75, 3.05) is 6.61 Å². The van der Waals surface area contributed by atoms with Crippen LogP contribution < -0.4 is 34.7 Å². The standard InChI is InChI=1S/C25H34O7.Na/c1-24-10-9-15(26)11-14(24)3-4-16-17-5-6-18(25(17,2)12-19(27)23(16)24)20(28)13-32-22(31)8-7-21(29)30;/h11,16-19,23,27H,3-10,12-13H2,1-2H3,(H,29,30);/q;+1/p-1/t16?,17?,18-,19+,23?,24+,25-;/m1./s1. The first kappa shape index (κ1) is 26.6. The number of carbonyl (C=O) groups is 4. The van der Waals surface area contributed by atoms with Crippen LogP contribution in [0.4, 0.5) is 0 Å². The molecule has 3 saturated carbocycles. The topological polar surface area (TPSA) is 121 Å². The molecule has 7 atom stereocenters. The molecule has 0 heterocycles. The van der Waals surface area contributed by atoms with E-state index in [4.69, 9.17) is 4.74 Å². The van der Waals surface area contributed by atoms with Crippen molar-refractivity contribution in [1.29, 1.82) is 0 Å². The number of carboxylic acid groups (broad SMARTS) is 1. The molecule has 8 heteroatoms. The first-order valence-electron chi connectivity index (χ1n) is 11.9. The van der Waals surface area contributed by atoms with Gasteiger partial charge in [0.1, 0.15) is 6.61 Å². The molecule has 33 heavy (non-hydrogen) atoms. The van der Waals surface area contributed by atoms with Crippen LogP contribution in [0.2, 0.25) is 0 Å². The molecule has 0 aromatic heterocycles. The Morgan fingerprint density at radius 2 is 1.88 bits per heavy atom. The van der Waals surface area contributed by atoms with Crippen molar-refractivity contribution < 1.29 is 63.7 Å². The van der Waals surface area contributed by atoms with Crippen LogP contribution in [0.3, 0.4) is 0 Å². The van der Waals surface area contributed by atoms with Crippen LogP contribution in [0.5, 0.6) is 0 Å². The number of esters is 1. The van der Waals surface area contributed by atoms with Gasteiger partial charge in [-0.1, -0.05) is 19.4 Å². The summed E-state index contributed by atoms with van der Waals surface area (Å²) in [5.41, 5.74) is 0.678. The van der Waals surface area contributed by atoms with E-state index in [9.17, 15) is 29.4 Å². The fourth-order valence-corrected chi connectivity index (χ4v) is 7.74. The van der Waals surface area contributed by atoms with Crippen molar-refractivity contribution >= 4 is 23.5 Å². The summed E-state index contributed by atoms with van der Waals surface area (Å²) in [6.07, 6.45) is 5.81. The van der Waals surface area contributed by atoms with E-state index in [-0.39, 0.29) is 76.8 Å². The van der Waals surface area contributed by atoms with E-state index in [0.29, 0.717) is 31.1 Å². The summed E-state index contributed by atoms with van der Waals surface area (Å²) in [6, 6.07) is 0. The van der Waals surface area contributed by atoms with Crippen LogP contribution in [0.15, 0.2) is 11.6 Å². The second kappa shape index (κ2) is 9.92. The average molecular weight is 469 g/mol. The molecule has 0 aromatic carbocycles. The number of allylic oxidation sites excluding steroid dienone is 1. The Morgan fingerprint density at radius 1 is 1.15 bits per heavy atom. The van der Waals surface area contributed by atoms with E-state index in [0.717, 1.165) is 25.7 Å². The number of hydrogen-bond acceptors (Lipinski definition) is 7. The van der Waals surface area contributed by atoms with Gasteiger partial charge < -0.3 is 19.7 Å². The van der Waals surface area contributed by atoms with Crippen molar-refractivity contribution in [1.82, 2.24) is 0 Å². The number of fused-ring (bicyclic) bond motifs is 5. The molecule has 1 N–H and O–H groups in total. The van der Waals surface area contributed by atoms with Crippen LogP contribution in [-0.4, -0.2) is 41.3 Å². The largest absolute Gasteiger partial charge is 1.00 e. The average Bonchev–Trinajstić information content (AvgIpc) is 3.07. The van der Waals surface area contributed by atoms with Crippen molar-refractivity contribution in [2.45, 2.75) is 77.7 Å². The van der Waals surface area contributed by atoms with Crippen LogP contribution in [0.25, 0.3) is 0 Å². The van der Waals surface area contributed by atoms with Crippen LogP contribution in [0, 0.1) is 34.5 Å². The molecule has 4 rings (SSSR count). The molecule has 0 saturated heterocycles.